The summed E-state index contributed by atoms with van der Waals surface area (Å²) in [5, 5.41) is 1.10. The molecule has 0 spiro atoms. The van der Waals surface area contributed by atoms with Crippen molar-refractivity contribution in [2.24, 2.45) is 0 Å². The molecule has 2 aliphatic heterocycles. The van der Waals surface area contributed by atoms with Crippen LogP contribution in [0.5, 0.6) is 0 Å². The van der Waals surface area contributed by atoms with Gasteiger partial charge in [0.25, 0.3) is 0 Å². The molecule has 0 fully saturated rings. The van der Waals surface area contributed by atoms with E-state index in [2.05, 4.69) is 6.08 Å². The van der Waals surface area contributed by atoms with Gasteiger partial charge in [-0.15, -0.1) is 11.8 Å². The standard InChI is InChI=1S/C7H7NOS/c9-6-4-7-8(5-6)2-1-3-10-7/h1-2,4H,3,5H2. The summed E-state index contributed by atoms with van der Waals surface area (Å²) in [6.45, 7) is 0.541. The molecule has 0 saturated carbocycles. The van der Waals surface area contributed by atoms with Crippen LogP contribution in [-0.4, -0.2) is 23.0 Å². The summed E-state index contributed by atoms with van der Waals surface area (Å²) in [5.74, 6) is 1.21. The van der Waals surface area contributed by atoms with Crippen molar-refractivity contribution >= 4 is 17.5 Å². The van der Waals surface area contributed by atoms with E-state index in [1.165, 1.54) is 0 Å². The van der Waals surface area contributed by atoms with E-state index >= 15 is 0 Å². The molecule has 2 nitrogen and oxygen atoms in total. The molecule has 0 bridgehead atoms. The van der Waals surface area contributed by atoms with Gasteiger partial charge in [-0.05, 0) is 0 Å². The lowest BCUT2D eigenvalue weighted by molar-refractivity contribution is -0.113. The van der Waals surface area contributed by atoms with Crippen LogP contribution >= 0.6 is 11.8 Å². The van der Waals surface area contributed by atoms with Crippen LogP contribution in [0.3, 0.4) is 0 Å². The fourth-order valence-corrected chi connectivity index (χ4v) is 1.93. The van der Waals surface area contributed by atoms with Gasteiger partial charge in [-0.1, -0.05) is 6.08 Å². The second-order valence-corrected chi connectivity index (χ2v) is 3.31. The van der Waals surface area contributed by atoms with Crippen LogP contribution in [0, 0.1) is 0 Å². The molecule has 0 aromatic carbocycles. The Morgan fingerprint density at radius 1 is 1.60 bits per heavy atom. The molecule has 0 aromatic rings. The van der Waals surface area contributed by atoms with Gasteiger partial charge in [-0.3, -0.25) is 4.79 Å². The second kappa shape index (κ2) is 2.16. The summed E-state index contributed by atoms with van der Waals surface area (Å²) < 4.78 is 0. The Morgan fingerprint density at radius 2 is 2.50 bits per heavy atom. The minimum absolute atomic E-state index is 0.217. The molecule has 0 radical (unpaired) electrons. The monoisotopic (exact) mass is 153 g/mol. The summed E-state index contributed by atoms with van der Waals surface area (Å²) in [6.07, 6.45) is 5.77. The van der Waals surface area contributed by atoms with E-state index in [9.17, 15) is 4.79 Å². The summed E-state index contributed by atoms with van der Waals surface area (Å²) in [6, 6.07) is 0. The van der Waals surface area contributed by atoms with Crippen molar-refractivity contribution in [2.75, 3.05) is 12.3 Å². The summed E-state index contributed by atoms with van der Waals surface area (Å²) in [4.78, 5) is 12.8. The van der Waals surface area contributed by atoms with Gasteiger partial charge >= 0.3 is 0 Å². The first-order valence-electron chi connectivity index (χ1n) is 3.17. The zero-order chi connectivity index (χ0) is 6.97. The Morgan fingerprint density at radius 3 is 3.30 bits per heavy atom. The average Bonchev–Trinajstić information content (AvgIpc) is 2.27. The fourth-order valence-electron chi connectivity index (χ4n) is 1.07. The molecule has 10 heavy (non-hydrogen) atoms. The first-order chi connectivity index (χ1) is 4.86. The van der Waals surface area contributed by atoms with Crippen molar-refractivity contribution in [1.29, 1.82) is 0 Å². The molecule has 0 amide bonds. The van der Waals surface area contributed by atoms with Crippen molar-refractivity contribution in [3.63, 3.8) is 0 Å². The smallest absolute Gasteiger partial charge is 0.177 e. The third kappa shape index (κ3) is 0.865. The first kappa shape index (κ1) is 6.04. The van der Waals surface area contributed by atoms with E-state index in [1.54, 1.807) is 17.8 Å². The molecule has 2 rings (SSSR count). The van der Waals surface area contributed by atoms with Gasteiger partial charge in [0.1, 0.15) is 0 Å². The first-order valence-corrected chi connectivity index (χ1v) is 4.15. The van der Waals surface area contributed by atoms with Crippen molar-refractivity contribution < 1.29 is 4.79 Å². The topological polar surface area (TPSA) is 20.3 Å². The van der Waals surface area contributed by atoms with Crippen LogP contribution in [0.25, 0.3) is 0 Å². The highest BCUT2D eigenvalue weighted by Crippen LogP contribution is 2.28. The van der Waals surface area contributed by atoms with Crippen LogP contribution in [-0.2, 0) is 4.79 Å². The molecule has 2 heterocycles. The number of carbonyl (C=O) groups is 1. The largest absolute Gasteiger partial charge is 0.335 e. The fraction of sp³-hybridized carbons (Fsp3) is 0.286. The molecule has 0 aromatic heterocycles. The highest BCUT2D eigenvalue weighted by Gasteiger charge is 2.20. The van der Waals surface area contributed by atoms with Crippen LogP contribution in [0.1, 0.15) is 0 Å². The van der Waals surface area contributed by atoms with Gasteiger partial charge in [-0.2, -0.15) is 0 Å². The van der Waals surface area contributed by atoms with E-state index in [4.69, 9.17) is 0 Å². The third-order valence-electron chi connectivity index (χ3n) is 1.51. The van der Waals surface area contributed by atoms with E-state index < -0.39 is 0 Å². The van der Waals surface area contributed by atoms with Crippen LogP contribution in [0.2, 0.25) is 0 Å². The molecule has 2 aliphatic rings. The van der Waals surface area contributed by atoms with Gasteiger partial charge in [0, 0.05) is 18.0 Å². The molecule has 0 saturated heterocycles. The molecular weight excluding hydrogens is 146 g/mol. The van der Waals surface area contributed by atoms with Crippen molar-refractivity contribution in [3.8, 4) is 0 Å². The van der Waals surface area contributed by atoms with Crippen LogP contribution in [0.15, 0.2) is 23.4 Å². The van der Waals surface area contributed by atoms with Gasteiger partial charge in [-0.25, -0.2) is 0 Å². The molecule has 0 atom stereocenters. The summed E-state index contributed by atoms with van der Waals surface area (Å²) in [5.41, 5.74) is 0. The SMILES string of the molecule is O=C1C=C2SCC=CN2C1. The number of ketones is 1. The van der Waals surface area contributed by atoms with E-state index in [0.717, 1.165) is 10.8 Å². The highest BCUT2D eigenvalue weighted by molar-refractivity contribution is 8.03. The van der Waals surface area contributed by atoms with Crippen LogP contribution in [0.4, 0.5) is 0 Å². The number of fused-ring (bicyclic) bond motifs is 1. The summed E-state index contributed by atoms with van der Waals surface area (Å²) in [7, 11) is 0. The maximum atomic E-state index is 10.8. The molecule has 0 aliphatic carbocycles. The Bertz CT molecular complexity index is 232. The van der Waals surface area contributed by atoms with E-state index in [1.807, 2.05) is 11.1 Å². The molecule has 3 heteroatoms. The molecule has 52 valence electrons. The zero-order valence-corrected chi connectivity index (χ0v) is 6.23. The normalized spacial score (nSPS) is 23.0. The lowest BCUT2D eigenvalue weighted by atomic mass is 10.4. The number of nitrogens with zero attached hydrogens (tertiary/aromatic N) is 1. The number of carbonyl (C=O) groups excluding carboxylic acids is 1. The van der Waals surface area contributed by atoms with Gasteiger partial charge < -0.3 is 4.90 Å². The lowest BCUT2D eigenvalue weighted by Crippen LogP contribution is -2.16. The van der Waals surface area contributed by atoms with Crippen LogP contribution < -0.4 is 0 Å². The number of hydrogen-bond acceptors (Lipinski definition) is 3. The third-order valence-corrected chi connectivity index (χ3v) is 2.51. The Balaban J connectivity index is 2.29. The molecule has 0 unspecified atom stereocenters. The van der Waals surface area contributed by atoms with Gasteiger partial charge in [0.2, 0.25) is 0 Å². The minimum Gasteiger partial charge on any atom is -0.335 e. The quantitative estimate of drug-likeness (QED) is 0.517. The number of thioether (sulfide) groups is 1. The van der Waals surface area contributed by atoms with E-state index in [0.29, 0.717) is 6.54 Å². The highest BCUT2D eigenvalue weighted by atomic mass is 32.2. The maximum Gasteiger partial charge on any atom is 0.177 e. The maximum absolute atomic E-state index is 10.8. The number of rotatable bonds is 0. The predicted octanol–water partition coefficient (Wildman–Crippen LogP) is 0.973. The van der Waals surface area contributed by atoms with Gasteiger partial charge in [0.15, 0.2) is 5.78 Å². The van der Waals surface area contributed by atoms with Crippen molar-refractivity contribution in [1.82, 2.24) is 4.90 Å². The lowest BCUT2D eigenvalue weighted by Gasteiger charge is -2.18. The molecule has 0 N–H and O–H groups in total. The average molecular weight is 153 g/mol. The van der Waals surface area contributed by atoms with Gasteiger partial charge in [0.05, 0.1) is 11.6 Å². The Hall–Kier alpha value is -0.700. The zero-order valence-electron chi connectivity index (χ0n) is 5.41. The Kier molecular flexibility index (Phi) is 1.31. The summed E-state index contributed by atoms with van der Waals surface area (Å²) >= 11 is 1.72. The van der Waals surface area contributed by atoms with Crippen molar-refractivity contribution in [3.05, 3.63) is 23.4 Å². The predicted molar refractivity (Wildman–Crippen MR) is 41.4 cm³/mol. The minimum atomic E-state index is 0.217. The van der Waals surface area contributed by atoms with E-state index in [-0.39, 0.29) is 5.78 Å². The second-order valence-electron chi connectivity index (χ2n) is 2.27. The number of hydrogen-bond donors (Lipinski definition) is 0. The Labute approximate surface area is 63.6 Å². The van der Waals surface area contributed by atoms with Crippen molar-refractivity contribution in [2.45, 2.75) is 0 Å². The molecular formula is C7H7NOS.